The predicted octanol–water partition coefficient (Wildman–Crippen LogP) is 4.19. The average molecular weight is 322 g/mol. The molecule has 2 aromatic rings. The predicted molar refractivity (Wildman–Crippen MR) is 91.2 cm³/mol. The Morgan fingerprint density at radius 3 is 2.71 bits per heavy atom. The van der Waals surface area contributed by atoms with Crippen LogP contribution in [0.3, 0.4) is 0 Å². The lowest BCUT2D eigenvalue weighted by molar-refractivity contribution is 0.305. The maximum atomic E-state index is 5.77. The Morgan fingerprint density at radius 2 is 2.05 bits per heavy atom. The van der Waals surface area contributed by atoms with Crippen LogP contribution in [-0.2, 0) is 13.2 Å². The van der Waals surface area contributed by atoms with Crippen LogP contribution in [0.4, 0.5) is 0 Å². The van der Waals surface area contributed by atoms with Crippen molar-refractivity contribution in [2.45, 2.75) is 31.9 Å². The van der Waals surface area contributed by atoms with Crippen molar-refractivity contribution in [3.05, 3.63) is 40.3 Å². The minimum absolute atomic E-state index is 0.535. The number of rotatable bonds is 8. The third kappa shape index (κ3) is 5.69. The van der Waals surface area contributed by atoms with Gasteiger partial charge in [-0.1, -0.05) is 13.8 Å². The molecule has 21 heavy (non-hydrogen) atoms. The minimum atomic E-state index is 0.535. The highest BCUT2D eigenvalue weighted by molar-refractivity contribution is 7.98. The monoisotopic (exact) mass is 322 g/mol. The van der Waals surface area contributed by atoms with Gasteiger partial charge in [0.1, 0.15) is 17.4 Å². The molecule has 0 fully saturated rings. The summed E-state index contributed by atoms with van der Waals surface area (Å²) in [4.78, 5) is 5.83. The highest BCUT2D eigenvalue weighted by Crippen LogP contribution is 2.20. The van der Waals surface area contributed by atoms with Gasteiger partial charge in [0.2, 0.25) is 0 Å². The first-order chi connectivity index (χ1) is 10.2. The van der Waals surface area contributed by atoms with E-state index >= 15 is 0 Å². The molecule has 0 saturated carbocycles. The van der Waals surface area contributed by atoms with E-state index < -0.39 is 0 Å². The van der Waals surface area contributed by atoms with E-state index in [1.165, 1.54) is 4.90 Å². The van der Waals surface area contributed by atoms with Gasteiger partial charge in [-0.25, -0.2) is 4.98 Å². The van der Waals surface area contributed by atoms with E-state index in [1.807, 2.05) is 12.1 Å². The molecule has 1 heterocycles. The van der Waals surface area contributed by atoms with Crippen molar-refractivity contribution in [3.8, 4) is 5.75 Å². The molecule has 114 valence electrons. The zero-order chi connectivity index (χ0) is 15.1. The number of benzene rings is 1. The van der Waals surface area contributed by atoms with Gasteiger partial charge in [-0.3, -0.25) is 0 Å². The Kier molecular flexibility index (Phi) is 6.54. The summed E-state index contributed by atoms with van der Waals surface area (Å²) < 4.78 is 5.77. The lowest BCUT2D eigenvalue weighted by atomic mass is 10.2. The Labute approximate surface area is 135 Å². The Bertz CT molecular complexity index is 537. The second-order valence-corrected chi connectivity index (χ2v) is 7.04. The third-order valence-electron chi connectivity index (χ3n) is 2.88. The van der Waals surface area contributed by atoms with E-state index in [0.29, 0.717) is 12.5 Å². The molecule has 1 N–H and O–H groups in total. The van der Waals surface area contributed by atoms with E-state index in [9.17, 15) is 0 Å². The van der Waals surface area contributed by atoms with Gasteiger partial charge in [-0.05, 0) is 43.0 Å². The third-order valence-corrected chi connectivity index (χ3v) is 4.49. The molecule has 1 aromatic heterocycles. The first kappa shape index (κ1) is 16.3. The number of thioether (sulfide) groups is 1. The molecule has 0 amide bonds. The molecule has 0 aliphatic heterocycles. The van der Waals surface area contributed by atoms with Gasteiger partial charge in [-0.2, -0.15) is 0 Å². The number of ether oxygens (including phenoxy) is 1. The molecule has 0 saturated heterocycles. The lowest BCUT2D eigenvalue weighted by Crippen LogP contribution is -2.19. The Morgan fingerprint density at radius 1 is 1.29 bits per heavy atom. The first-order valence-corrected chi connectivity index (χ1v) is 9.18. The van der Waals surface area contributed by atoms with Gasteiger partial charge in [0, 0.05) is 16.8 Å². The summed E-state index contributed by atoms with van der Waals surface area (Å²) >= 11 is 3.39. The maximum Gasteiger partial charge on any atom is 0.140 e. The van der Waals surface area contributed by atoms with Crippen molar-refractivity contribution in [3.63, 3.8) is 0 Å². The van der Waals surface area contributed by atoms with E-state index in [2.05, 4.69) is 47.9 Å². The molecule has 0 aliphatic rings. The zero-order valence-electron chi connectivity index (χ0n) is 12.8. The smallest absolute Gasteiger partial charge is 0.140 e. The van der Waals surface area contributed by atoms with Crippen LogP contribution in [0.25, 0.3) is 0 Å². The van der Waals surface area contributed by atoms with Crippen molar-refractivity contribution in [1.82, 2.24) is 10.3 Å². The minimum Gasteiger partial charge on any atom is -0.486 e. The van der Waals surface area contributed by atoms with Crippen molar-refractivity contribution in [2.75, 3.05) is 12.8 Å². The average Bonchev–Trinajstić information content (AvgIpc) is 2.93. The fraction of sp³-hybridized carbons (Fsp3) is 0.438. The first-order valence-electron chi connectivity index (χ1n) is 7.08. The molecule has 2 rings (SSSR count). The van der Waals surface area contributed by atoms with Crippen LogP contribution in [0.5, 0.6) is 5.75 Å². The summed E-state index contributed by atoms with van der Waals surface area (Å²) in [6.07, 6.45) is 2.07. The van der Waals surface area contributed by atoms with Crippen LogP contribution in [0.15, 0.2) is 34.5 Å². The zero-order valence-corrected chi connectivity index (χ0v) is 14.4. The molecule has 0 aliphatic carbocycles. The normalized spacial score (nSPS) is 11.0. The Balaban J connectivity index is 1.79. The lowest BCUT2D eigenvalue weighted by Gasteiger charge is -2.05. The second kappa shape index (κ2) is 8.41. The van der Waals surface area contributed by atoms with Gasteiger partial charge in [0.05, 0.1) is 5.69 Å². The number of nitrogens with zero attached hydrogens (tertiary/aromatic N) is 1. The van der Waals surface area contributed by atoms with Crippen LogP contribution in [0, 0.1) is 5.92 Å². The van der Waals surface area contributed by atoms with Gasteiger partial charge in [0.25, 0.3) is 0 Å². The molecular weight excluding hydrogens is 300 g/mol. The summed E-state index contributed by atoms with van der Waals surface area (Å²) in [7, 11) is 0. The van der Waals surface area contributed by atoms with E-state index in [-0.39, 0.29) is 0 Å². The summed E-state index contributed by atoms with van der Waals surface area (Å²) in [5.74, 6) is 1.55. The number of nitrogens with one attached hydrogen (secondary N) is 1. The molecule has 5 heteroatoms. The molecule has 0 spiro atoms. The van der Waals surface area contributed by atoms with Gasteiger partial charge >= 0.3 is 0 Å². The van der Waals surface area contributed by atoms with Crippen molar-refractivity contribution in [2.24, 2.45) is 5.92 Å². The van der Waals surface area contributed by atoms with Crippen LogP contribution in [0.1, 0.15) is 24.5 Å². The number of hydrogen-bond acceptors (Lipinski definition) is 5. The van der Waals surface area contributed by atoms with Crippen molar-refractivity contribution < 1.29 is 4.74 Å². The van der Waals surface area contributed by atoms with E-state index in [0.717, 1.165) is 29.5 Å². The number of hydrogen-bond donors (Lipinski definition) is 1. The van der Waals surface area contributed by atoms with Crippen LogP contribution >= 0.6 is 23.1 Å². The molecule has 3 nitrogen and oxygen atoms in total. The fourth-order valence-electron chi connectivity index (χ4n) is 1.80. The standard InChI is InChI=1S/C16H22N2OS2/c1-12(2)8-17-9-13-11-21-16(18-13)10-19-14-4-6-15(20-3)7-5-14/h4-7,11-12,17H,8-10H2,1-3H3. The SMILES string of the molecule is CSc1ccc(OCc2nc(CNCC(C)C)cs2)cc1. The van der Waals surface area contributed by atoms with Crippen LogP contribution in [-0.4, -0.2) is 17.8 Å². The highest BCUT2D eigenvalue weighted by atomic mass is 32.2. The van der Waals surface area contributed by atoms with Gasteiger partial charge in [0.15, 0.2) is 0 Å². The summed E-state index contributed by atoms with van der Waals surface area (Å²) in [6, 6.07) is 8.15. The second-order valence-electron chi connectivity index (χ2n) is 5.22. The molecule has 1 aromatic carbocycles. The van der Waals surface area contributed by atoms with E-state index in [4.69, 9.17) is 4.74 Å². The maximum absolute atomic E-state index is 5.77. The largest absolute Gasteiger partial charge is 0.486 e. The van der Waals surface area contributed by atoms with Crippen LogP contribution < -0.4 is 10.1 Å². The molecular formula is C16H22N2OS2. The van der Waals surface area contributed by atoms with Gasteiger partial charge < -0.3 is 10.1 Å². The van der Waals surface area contributed by atoms with E-state index in [1.54, 1.807) is 23.1 Å². The fourth-order valence-corrected chi connectivity index (χ4v) is 2.92. The Hall–Kier alpha value is -1.04. The summed E-state index contributed by atoms with van der Waals surface area (Å²) in [5.41, 5.74) is 1.09. The topological polar surface area (TPSA) is 34.1 Å². The molecule has 0 radical (unpaired) electrons. The quantitative estimate of drug-likeness (QED) is 0.739. The molecule has 0 atom stereocenters. The van der Waals surface area contributed by atoms with Crippen LogP contribution in [0.2, 0.25) is 0 Å². The molecule has 0 bridgehead atoms. The summed E-state index contributed by atoms with van der Waals surface area (Å²) in [5, 5.41) is 6.52. The number of thiazole rings is 1. The van der Waals surface area contributed by atoms with Gasteiger partial charge in [-0.15, -0.1) is 23.1 Å². The summed E-state index contributed by atoms with van der Waals surface area (Å²) in [6.45, 7) is 6.79. The van der Waals surface area contributed by atoms with Crippen molar-refractivity contribution >= 4 is 23.1 Å². The highest BCUT2D eigenvalue weighted by Gasteiger charge is 2.03. The molecule has 0 unspecified atom stereocenters. The van der Waals surface area contributed by atoms with Crippen molar-refractivity contribution in [1.29, 1.82) is 0 Å². The number of aromatic nitrogens is 1.